The quantitative estimate of drug-likeness (QED) is 0.204. The van der Waals surface area contributed by atoms with Crippen LogP contribution in [0.25, 0.3) is 58.4 Å². The average Bonchev–Trinajstić information content (AvgIpc) is 3.84. The number of rotatable bonds is 3. The molecule has 11 rings (SSSR count). The molecule has 3 atom stereocenters. The van der Waals surface area contributed by atoms with Crippen molar-refractivity contribution < 1.29 is 0 Å². The van der Waals surface area contributed by atoms with Gasteiger partial charge >= 0.3 is 0 Å². The Balaban J connectivity index is 1.15. The van der Waals surface area contributed by atoms with Crippen molar-refractivity contribution in [2.75, 3.05) is 0 Å². The molecular weight excluding hydrogens is 635 g/mol. The third-order valence-electron chi connectivity index (χ3n) is 10.4. The highest BCUT2D eigenvalue weighted by molar-refractivity contribution is 8.05. The molecule has 0 amide bonds. The van der Waals surface area contributed by atoms with Gasteiger partial charge in [0.05, 0.1) is 32.0 Å². The van der Waals surface area contributed by atoms with E-state index in [1.807, 2.05) is 23.1 Å². The van der Waals surface area contributed by atoms with Crippen molar-refractivity contribution in [2.45, 2.75) is 11.4 Å². The van der Waals surface area contributed by atoms with Crippen LogP contribution in [0.1, 0.15) is 17.3 Å². The molecule has 1 aliphatic carbocycles. The van der Waals surface area contributed by atoms with E-state index in [0.29, 0.717) is 11.2 Å². The number of para-hydroxylation sites is 2. The molecule has 6 aromatic carbocycles. The first-order valence-electron chi connectivity index (χ1n) is 16.8. The number of nitrogens with zero attached hydrogens (tertiary/aromatic N) is 2. The van der Waals surface area contributed by atoms with E-state index in [9.17, 15) is 0 Å². The number of aliphatic imine (C=N–C) groups is 1. The topological polar surface area (TPSA) is 29.3 Å². The van der Waals surface area contributed by atoms with Gasteiger partial charge in [0, 0.05) is 54.2 Å². The molecule has 0 radical (unpaired) electrons. The summed E-state index contributed by atoms with van der Waals surface area (Å²) in [6.45, 7) is 0. The Kier molecular flexibility index (Phi) is 5.95. The molecule has 5 heteroatoms. The number of allylic oxidation sites excluding steroid dienone is 4. The van der Waals surface area contributed by atoms with Gasteiger partial charge in [-0.25, -0.2) is 0 Å². The zero-order valence-electron chi connectivity index (χ0n) is 26.4. The van der Waals surface area contributed by atoms with Crippen LogP contribution in [0.15, 0.2) is 167 Å². The Hall–Kier alpha value is -5.36. The minimum atomic E-state index is -0.205. The number of thiophene rings is 1. The first-order valence-corrected chi connectivity index (χ1v) is 18.5. The number of thioether (sulfide) groups is 1. The van der Waals surface area contributed by atoms with Crippen LogP contribution in [0.3, 0.4) is 0 Å². The number of aromatic nitrogens is 1. The van der Waals surface area contributed by atoms with Gasteiger partial charge in [0.2, 0.25) is 0 Å². The smallest absolute Gasteiger partial charge is 0.145 e. The second-order valence-electron chi connectivity index (χ2n) is 13.0. The van der Waals surface area contributed by atoms with Gasteiger partial charge in [-0.2, -0.15) is 0 Å². The number of nitrogens with one attached hydrogen (secondary N) is 1. The van der Waals surface area contributed by atoms with Crippen LogP contribution in [0.4, 0.5) is 0 Å². The van der Waals surface area contributed by atoms with Crippen molar-refractivity contribution in [3.05, 3.63) is 173 Å². The Bertz CT molecular complexity index is 2740. The van der Waals surface area contributed by atoms with Crippen LogP contribution in [0.5, 0.6) is 0 Å². The van der Waals surface area contributed by atoms with Crippen molar-refractivity contribution in [1.29, 1.82) is 0 Å². The van der Waals surface area contributed by atoms with Gasteiger partial charge < -0.3 is 9.88 Å². The van der Waals surface area contributed by atoms with Gasteiger partial charge in [0.15, 0.2) is 0 Å². The molecule has 0 saturated carbocycles. The highest BCUT2D eigenvalue weighted by Crippen LogP contribution is 2.50. The fourth-order valence-corrected chi connectivity index (χ4v) is 10.9. The van der Waals surface area contributed by atoms with Crippen molar-refractivity contribution in [3.63, 3.8) is 0 Å². The molecule has 2 aromatic heterocycles. The highest BCUT2D eigenvalue weighted by atomic mass is 32.2. The molecule has 49 heavy (non-hydrogen) atoms. The lowest BCUT2D eigenvalue weighted by Crippen LogP contribution is -2.30. The van der Waals surface area contributed by atoms with Gasteiger partial charge in [-0.15, -0.1) is 23.1 Å². The third kappa shape index (κ3) is 4.00. The zero-order chi connectivity index (χ0) is 32.1. The van der Waals surface area contributed by atoms with Crippen molar-refractivity contribution in [1.82, 2.24) is 9.88 Å². The highest BCUT2D eigenvalue weighted by Gasteiger charge is 2.40. The molecule has 1 N–H and O–H groups in total. The molecule has 3 aliphatic rings. The maximum Gasteiger partial charge on any atom is 0.145 e. The average molecular weight is 664 g/mol. The summed E-state index contributed by atoms with van der Waals surface area (Å²) in [5.74, 6) is 0.315. The fourth-order valence-electron chi connectivity index (χ4n) is 8.23. The van der Waals surface area contributed by atoms with E-state index in [4.69, 9.17) is 4.99 Å². The van der Waals surface area contributed by atoms with E-state index in [1.54, 1.807) is 0 Å². The number of fused-ring (bicyclic) bond motifs is 10. The first-order chi connectivity index (χ1) is 24.3. The van der Waals surface area contributed by atoms with Crippen LogP contribution in [-0.4, -0.2) is 15.5 Å². The summed E-state index contributed by atoms with van der Waals surface area (Å²) in [7, 11) is 0. The van der Waals surface area contributed by atoms with E-state index >= 15 is 0 Å². The molecule has 0 bridgehead atoms. The zero-order valence-corrected chi connectivity index (χ0v) is 28.0. The van der Waals surface area contributed by atoms with Crippen LogP contribution < -0.4 is 5.32 Å². The van der Waals surface area contributed by atoms with E-state index in [2.05, 4.69) is 162 Å². The Morgan fingerprint density at radius 3 is 2.10 bits per heavy atom. The van der Waals surface area contributed by atoms with E-state index < -0.39 is 0 Å². The standard InChI is InChI=1S/C44H29N3S2/c1-2-13-26(14-3-1)40-43-41(31-19-8-11-24-37(31)48-43)46-44(45-40)33-25-38-39(30-18-5-4-15-27(30)33)32-20-12-23-36(42(32)49-38)47-34-21-9-6-16-28(34)29-17-7-10-22-35(29)47/h1-25,31,37,44,46H. The predicted octanol–water partition coefficient (Wildman–Crippen LogP) is 11.5. The summed E-state index contributed by atoms with van der Waals surface area (Å²) in [5, 5.41) is 12.1. The number of hydrogen-bond donors (Lipinski definition) is 1. The van der Waals surface area contributed by atoms with Crippen LogP contribution in [-0.2, 0) is 0 Å². The second-order valence-corrected chi connectivity index (χ2v) is 15.3. The maximum absolute atomic E-state index is 5.54. The van der Waals surface area contributed by atoms with Crippen LogP contribution in [0.2, 0.25) is 0 Å². The third-order valence-corrected chi connectivity index (χ3v) is 12.9. The largest absolute Gasteiger partial charge is 0.362 e. The van der Waals surface area contributed by atoms with Gasteiger partial charge in [0.1, 0.15) is 6.17 Å². The van der Waals surface area contributed by atoms with Crippen LogP contribution in [0, 0.1) is 5.92 Å². The summed E-state index contributed by atoms with van der Waals surface area (Å²) in [6.07, 6.45) is 8.85. The van der Waals surface area contributed by atoms with Gasteiger partial charge in [-0.05, 0) is 35.0 Å². The molecule has 8 aromatic rings. The minimum absolute atomic E-state index is 0.205. The lowest BCUT2D eigenvalue weighted by Gasteiger charge is -2.28. The number of hydrogen-bond acceptors (Lipinski definition) is 4. The number of benzene rings is 6. The molecule has 232 valence electrons. The van der Waals surface area contributed by atoms with Crippen molar-refractivity contribution in [3.8, 4) is 5.69 Å². The van der Waals surface area contributed by atoms with E-state index in [1.165, 1.54) is 80.2 Å². The Morgan fingerprint density at radius 2 is 1.31 bits per heavy atom. The maximum atomic E-state index is 5.54. The van der Waals surface area contributed by atoms with Gasteiger partial charge in [0.25, 0.3) is 0 Å². The molecule has 3 nitrogen and oxygen atoms in total. The molecule has 4 heterocycles. The molecule has 0 fully saturated rings. The summed E-state index contributed by atoms with van der Waals surface area (Å²) >= 11 is 3.84. The Morgan fingerprint density at radius 1 is 0.633 bits per heavy atom. The summed E-state index contributed by atoms with van der Waals surface area (Å²) in [5.41, 5.74) is 8.47. The Labute approximate surface area is 291 Å². The molecular formula is C44H29N3S2. The second kappa shape index (κ2) is 10.6. The lowest BCUT2D eigenvalue weighted by molar-refractivity contribution is 0.571. The molecule has 0 saturated heterocycles. The van der Waals surface area contributed by atoms with Crippen LogP contribution >= 0.6 is 23.1 Å². The van der Waals surface area contributed by atoms with Gasteiger partial charge in [-0.1, -0.05) is 127 Å². The monoisotopic (exact) mass is 663 g/mol. The summed E-state index contributed by atoms with van der Waals surface area (Å²) in [6, 6.07) is 46.4. The summed E-state index contributed by atoms with van der Waals surface area (Å²) in [4.78, 5) is 6.81. The minimum Gasteiger partial charge on any atom is -0.362 e. The van der Waals surface area contributed by atoms with E-state index in [0.717, 1.165) is 5.71 Å². The first kappa shape index (κ1) is 27.6. The molecule has 2 aliphatic heterocycles. The molecule has 3 unspecified atom stereocenters. The van der Waals surface area contributed by atoms with E-state index in [-0.39, 0.29) is 6.17 Å². The predicted molar refractivity (Wildman–Crippen MR) is 210 cm³/mol. The lowest BCUT2D eigenvalue weighted by atomic mass is 9.92. The molecule has 0 spiro atoms. The van der Waals surface area contributed by atoms with Crippen molar-refractivity contribution >= 4 is 81.6 Å². The van der Waals surface area contributed by atoms with Gasteiger partial charge in [-0.3, -0.25) is 4.99 Å². The summed E-state index contributed by atoms with van der Waals surface area (Å²) < 4.78 is 5.04. The normalized spacial score (nSPS) is 20.0. The SMILES string of the molecule is C1=CC2SC3=C(NC(c4cc5sc6c(-n7c8ccccc8c8ccccc87)cccc6c5c5ccccc45)N=C3c3ccccc3)C2C=C1. The van der Waals surface area contributed by atoms with Crippen molar-refractivity contribution in [2.24, 2.45) is 10.9 Å². The fraction of sp³-hybridized carbons (Fsp3) is 0.0682.